The Morgan fingerprint density at radius 2 is 2.37 bits per heavy atom. The van der Waals surface area contributed by atoms with Gasteiger partial charge in [-0.05, 0) is 19.3 Å². The lowest BCUT2D eigenvalue weighted by Crippen LogP contribution is -2.17. The highest BCUT2D eigenvalue weighted by Crippen LogP contribution is 2.19. The monoisotopic (exact) mass is 260 g/mol. The Hall–Kier alpha value is -2.11. The minimum Gasteiger partial charge on any atom is -0.428 e. The average Bonchev–Trinajstić information content (AvgIpc) is 3.04. The SMILES string of the molecule is CCc1cnc(NC(=O)c2cnn3c2CCCC3)o1. The molecule has 1 N–H and O–H groups in total. The van der Waals surface area contributed by atoms with Crippen molar-refractivity contribution in [2.24, 2.45) is 0 Å². The molecular formula is C13H16N4O2. The summed E-state index contributed by atoms with van der Waals surface area (Å²) in [5.41, 5.74) is 1.63. The van der Waals surface area contributed by atoms with Crippen LogP contribution < -0.4 is 5.32 Å². The van der Waals surface area contributed by atoms with E-state index in [9.17, 15) is 4.79 Å². The summed E-state index contributed by atoms with van der Waals surface area (Å²) in [6, 6.07) is 0.248. The summed E-state index contributed by atoms with van der Waals surface area (Å²) in [6.45, 7) is 2.86. The van der Waals surface area contributed by atoms with Crippen molar-refractivity contribution in [1.82, 2.24) is 14.8 Å². The predicted octanol–water partition coefficient (Wildman–Crippen LogP) is 2.02. The highest BCUT2D eigenvalue weighted by atomic mass is 16.4. The van der Waals surface area contributed by atoms with E-state index in [0.717, 1.165) is 43.7 Å². The molecule has 0 saturated carbocycles. The highest BCUT2D eigenvalue weighted by molar-refractivity contribution is 6.03. The van der Waals surface area contributed by atoms with Gasteiger partial charge in [0.05, 0.1) is 23.7 Å². The molecule has 2 aromatic heterocycles. The van der Waals surface area contributed by atoms with Gasteiger partial charge in [0.1, 0.15) is 5.76 Å². The summed E-state index contributed by atoms with van der Waals surface area (Å²) in [7, 11) is 0. The first kappa shape index (κ1) is 12.0. The maximum absolute atomic E-state index is 12.2. The van der Waals surface area contributed by atoms with E-state index < -0.39 is 0 Å². The molecule has 0 bridgehead atoms. The van der Waals surface area contributed by atoms with Gasteiger partial charge in [-0.2, -0.15) is 5.10 Å². The highest BCUT2D eigenvalue weighted by Gasteiger charge is 2.20. The molecule has 1 aliphatic rings. The number of oxazole rings is 1. The molecule has 100 valence electrons. The van der Waals surface area contributed by atoms with Crippen molar-refractivity contribution in [2.45, 2.75) is 39.2 Å². The lowest BCUT2D eigenvalue weighted by molar-refractivity contribution is 0.102. The van der Waals surface area contributed by atoms with E-state index in [1.54, 1.807) is 12.4 Å². The van der Waals surface area contributed by atoms with Crippen LogP contribution in [-0.2, 0) is 19.4 Å². The molecule has 2 aromatic rings. The van der Waals surface area contributed by atoms with Crippen LogP contribution in [0.2, 0.25) is 0 Å². The van der Waals surface area contributed by atoms with Crippen LogP contribution >= 0.6 is 0 Å². The number of hydrogen-bond donors (Lipinski definition) is 1. The fraction of sp³-hybridized carbons (Fsp3) is 0.462. The molecule has 1 amide bonds. The molecule has 0 spiro atoms. The third-order valence-electron chi connectivity index (χ3n) is 3.35. The molecule has 0 unspecified atom stereocenters. The lowest BCUT2D eigenvalue weighted by atomic mass is 10.1. The van der Waals surface area contributed by atoms with E-state index in [4.69, 9.17) is 4.42 Å². The van der Waals surface area contributed by atoms with Gasteiger partial charge in [0.15, 0.2) is 0 Å². The summed E-state index contributed by atoms with van der Waals surface area (Å²) in [6.07, 6.45) is 7.13. The van der Waals surface area contributed by atoms with Gasteiger partial charge < -0.3 is 4.42 Å². The Labute approximate surface area is 110 Å². The van der Waals surface area contributed by atoms with E-state index in [-0.39, 0.29) is 11.9 Å². The number of hydrogen-bond acceptors (Lipinski definition) is 4. The van der Waals surface area contributed by atoms with Crippen LogP contribution in [-0.4, -0.2) is 20.7 Å². The van der Waals surface area contributed by atoms with Gasteiger partial charge in [-0.1, -0.05) is 6.92 Å². The largest absolute Gasteiger partial charge is 0.428 e. The second-order valence-electron chi connectivity index (χ2n) is 4.62. The van der Waals surface area contributed by atoms with Crippen molar-refractivity contribution in [3.05, 3.63) is 29.4 Å². The summed E-state index contributed by atoms with van der Waals surface area (Å²) in [5, 5.41) is 6.92. The van der Waals surface area contributed by atoms with Gasteiger partial charge in [0, 0.05) is 13.0 Å². The molecule has 6 nitrogen and oxygen atoms in total. The number of fused-ring (bicyclic) bond motifs is 1. The Kier molecular flexibility index (Phi) is 3.06. The van der Waals surface area contributed by atoms with Gasteiger partial charge in [-0.15, -0.1) is 0 Å². The molecule has 19 heavy (non-hydrogen) atoms. The summed E-state index contributed by atoms with van der Waals surface area (Å²) >= 11 is 0. The maximum Gasteiger partial charge on any atom is 0.301 e. The normalized spacial score (nSPS) is 14.2. The molecule has 1 aliphatic heterocycles. The van der Waals surface area contributed by atoms with Crippen LogP contribution in [0.5, 0.6) is 0 Å². The van der Waals surface area contributed by atoms with Gasteiger partial charge in [-0.25, -0.2) is 4.98 Å². The first-order valence-electron chi connectivity index (χ1n) is 6.58. The smallest absolute Gasteiger partial charge is 0.301 e. The molecule has 0 atom stereocenters. The Morgan fingerprint density at radius 3 is 3.16 bits per heavy atom. The van der Waals surface area contributed by atoms with Gasteiger partial charge in [0.25, 0.3) is 5.91 Å². The molecule has 0 radical (unpaired) electrons. The van der Waals surface area contributed by atoms with E-state index >= 15 is 0 Å². The zero-order valence-electron chi connectivity index (χ0n) is 10.8. The number of nitrogens with zero attached hydrogens (tertiary/aromatic N) is 3. The van der Waals surface area contributed by atoms with E-state index in [2.05, 4.69) is 15.4 Å². The van der Waals surface area contributed by atoms with Gasteiger partial charge >= 0.3 is 6.01 Å². The Balaban J connectivity index is 1.78. The number of nitrogens with one attached hydrogen (secondary N) is 1. The minimum absolute atomic E-state index is 0.201. The molecule has 0 aromatic carbocycles. The topological polar surface area (TPSA) is 73.0 Å². The molecule has 0 aliphatic carbocycles. The molecular weight excluding hydrogens is 244 g/mol. The van der Waals surface area contributed by atoms with Crippen molar-refractivity contribution < 1.29 is 9.21 Å². The van der Waals surface area contributed by atoms with Crippen LogP contribution in [0.25, 0.3) is 0 Å². The fourth-order valence-electron chi connectivity index (χ4n) is 2.30. The molecule has 3 rings (SSSR count). The Bertz CT molecular complexity index is 600. The number of aromatic nitrogens is 3. The second kappa shape index (κ2) is 4.87. The molecule has 0 fully saturated rings. The molecule has 3 heterocycles. The number of carbonyl (C=O) groups is 1. The lowest BCUT2D eigenvalue weighted by Gasteiger charge is -2.14. The third kappa shape index (κ3) is 2.25. The number of rotatable bonds is 3. The zero-order chi connectivity index (χ0) is 13.2. The van der Waals surface area contributed by atoms with Crippen molar-refractivity contribution in [3.63, 3.8) is 0 Å². The minimum atomic E-state index is -0.201. The molecule has 0 saturated heterocycles. The first-order valence-corrected chi connectivity index (χ1v) is 6.58. The maximum atomic E-state index is 12.2. The first-order chi connectivity index (χ1) is 9.28. The van der Waals surface area contributed by atoms with Gasteiger partial charge in [-0.3, -0.25) is 14.8 Å². The third-order valence-corrected chi connectivity index (χ3v) is 3.35. The summed E-state index contributed by atoms with van der Waals surface area (Å²) in [4.78, 5) is 16.2. The van der Waals surface area contributed by atoms with Crippen molar-refractivity contribution in [1.29, 1.82) is 0 Å². The zero-order valence-corrected chi connectivity index (χ0v) is 10.8. The van der Waals surface area contributed by atoms with E-state index in [1.165, 1.54) is 0 Å². The fourth-order valence-corrected chi connectivity index (χ4v) is 2.30. The predicted molar refractivity (Wildman–Crippen MR) is 69.0 cm³/mol. The van der Waals surface area contributed by atoms with E-state index in [0.29, 0.717) is 5.56 Å². The van der Waals surface area contributed by atoms with Crippen LogP contribution in [0.15, 0.2) is 16.8 Å². The van der Waals surface area contributed by atoms with Crippen LogP contribution in [0.4, 0.5) is 6.01 Å². The average molecular weight is 260 g/mol. The van der Waals surface area contributed by atoms with Crippen molar-refractivity contribution in [3.8, 4) is 0 Å². The summed E-state index contributed by atoms with van der Waals surface area (Å²) in [5.74, 6) is 0.556. The second-order valence-corrected chi connectivity index (χ2v) is 4.62. The number of aryl methyl sites for hydroxylation is 2. The molecule has 6 heteroatoms. The summed E-state index contributed by atoms with van der Waals surface area (Å²) < 4.78 is 7.28. The van der Waals surface area contributed by atoms with Crippen LogP contribution in [0, 0.1) is 0 Å². The van der Waals surface area contributed by atoms with E-state index in [1.807, 2.05) is 11.6 Å². The quantitative estimate of drug-likeness (QED) is 0.916. The number of carbonyl (C=O) groups excluding carboxylic acids is 1. The standard InChI is InChI=1S/C13H16N4O2/c1-2-9-7-14-13(19-9)16-12(18)10-8-15-17-6-4-3-5-11(10)17/h7-8H,2-6H2,1H3,(H,14,16,18). The van der Waals surface area contributed by atoms with Crippen molar-refractivity contribution >= 4 is 11.9 Å². The van der Waals surface area contributed by atoms with Crippen LogP contribution in [0.1, 0.15) is 41.6 Å². The van der Waals surface area contributed by atoms with Crippen molar-refractivity contribution in [2.75, 3.05) is 5.32 Å². The van der Waals surface area contributed by atoms with Crippen LogP contribution in [0.3, 0.4) is 0 Å². The van der Waals surface area contributed by atoms with Gasteiger partial charge in [0.2, 0.25) is 0 Å². The Morgan fingerprint density at radius 1 is 1.47 bits per heavy atom. The number of amides is 1. The number of anilines is 1.